The lowest BCUT2D eigenvalue weighted by atomic mass is 10.1. The summed E-state index contributed by atoms with van der Waals surface area (Å²) in [6.45, 7) is 0.473. The van der Waals surface area contributed by atoms with Crippen LogP contribution in [0.2, 0.25) is 0 Å². The smallest absolute Gasteiger partial charge is 0.280 e. The van der Waals surface area contributed by atoms with E-state index in [2.05, 4.69) is 9.89 Å². The highest BCUT2D eigenvalue weighted by Gasteiger charge is 2.35. The van der Waals surface area contributed by atoms with E-state index in [1.54, 1.807) is 56.2 Å². The van der Waals surface area contributed by atoms with E-state index in [1.165, 1.54) is 0 Å². The highest BCUT2D eigenvalue weighted by Crippen LogP contribution is 2.39. The standard InChI is InChI=1S/C21H21N3O4S/c1-26-17-10-14(11-18(27-2)19(17)28-3)9-16-20(25)24-12-23(13-29-21(24)22-16)15-7-5-4-6-8-15/h4-11H,12-13H2,1-3H3. The quantitative estimate of drug-likeness (QED) is 0.703. The first kappa shape index (κ1) is 19.2. The second kappa shape index (κ2) is 8.08. The lowest BCUT2D eigenvalue weighted by molar-refractivity contribution is -0.122. The molecule has 0 aliphatic carbocycles. The van der Waals surface area contributed by atoms with E-state index in [1.807, 2.05) is 30.3 Å². The van der Waals surface area contributed by atoms with Crippen LogP contribution in [0.4, 0.5) is 5.69 Å². The third-order valence-corrected chi connectivity index (χ3v) is 5.70. The molecule has 0 bridgehead atoms. The number of fused-ring (bicyclic) bond motifs is 1. The van der Waals surface area contributed by atoms with Crippen molar-refractivity contribution in [1.82, 2.24) is 4.90 Å². The van der Waals surface area contributed by atoms with Crippen molar-refractivity contribution in [2.75, 3.05) is 38.8 Å². The predicted molar refractivity (Wildman–Crippen MR) is 115 cm³/mol. The van der Waals surface area contributed by atoms with Gasteiger partial charge in [-0.2, -0.15) is 0 Å². The molecule has 1 saturated heterocycles. The Labute approximate surface area is 173 Å². The molecule has 4 rings (SSSR count). The van der Waals surface area contributed by atoms with E-state index in [0.29, 0.717) is 29.6 Å². The van der Waals surface area contributed by atoms with Crippen LogP contribution in [0.25, 0.3) is 6.08 Å². The largest absolute Gasteiger partial charge is 0.493 e. The molecule has 0 radical (unpaired) electrons. The number of para-hydroxylation sites is 1. The van der Waals surface area contributed by atoms with E-state index in [-0.39, 0.29) is 5.91 Å². The fraction of sp³-hybridized carbons (Fsp3) is 0.238. The normalized spacial score (nSPS) is 17.3. The number of hydrogen-bond donors (Lipinski definition) is 0. The van der Waals surface area contributed by atoms with Gasteiger partial charge in [-0.3, -0.25) is 9.69 Å². The molecule has 29 heavy (non-hydrogen) atoms. The number of amidine groups is 1. The van der Waals surface area contributed by atoms with Crippen molar-refractivity contribution in [2.45, 2.75) is 0 Å². The second-order valence-electron chi connectivity index (χ2n) is 6.41. The van der Waals surface area contributed by atoms with Gasteiger partial charge in [0, 0.05) is 5.69 Å². The zero-order chi connectivity index (χ0) is 20.4. The molecule has 7 nitrogen and oxygen atoms in total. The number of thioether (sulfide) groups is 1. The molecular formula is C21H21N3O4S. The van der Waals surface area contributed by atoms with Crippen LogP contribution in [0.15, 0.2) is 53.2 Å². The Balaban J connectivity index is 1.61. The SMILES string of the molecule is COc1cc(C=C2N=C3SCN(c4ccccc4)CN3C2=O)cc(OC)c1OC. The summed E-state index contributed by atoms with van der Waals surface area (Å²) in [5, 5.41) is 0.723. The Morgan fingerprint density at radius 2 is 1.72 bits per heavy atom. The zero-order valence-corrected chi connectivity index (χ0v) is 17.2. The number of aliphatic imine (C=N–C) groups is 1. The Kier molecular flexibility index (Phi) is 5.35. The summed E-state index contributed by atoms with van der Waals surface area (Å²) in [6, 6.07) is 13.6. The van der Waals surface area contributed by atoms with Crippen molar-refractivity contribution in [2.24, 2.45) is 4.99 Å². The number of anilines is 1. The molecule has 0 spiro atoms. The summed E-state index contributed by atoms with van der Waals surface area (Å²) in [7, 11) is 4.67. The van der Waals surface area contributed by atoms with E-state index >= 15 is 0 Å². The number of nitrogens with zero attached hydrogens (tertiary/aromatic N) is 3. The zero-order valence-electron chi connectivity index (χ0n) is 16.4. The highest BCUT2D eigenvalue weighted by molar-refractivity contribution is 8.14. The molecule has 1 fully saturated rings. The van der Waals surface area contributed by atoms with Gasteiger partial charge in [-0.15, -0.1) is 0 Å². The Hall–Kier alpha value is -3.13. The van der Waals surface area contributed by atoms with E-state index < -0.39 is 0 Å². The van der Waals surface area contributed by atoms with Crippen LogP contribution in [-0.2, 0) is 4.79 Å². The van der Waals surface area contributed by atoms with Crippen LogP contribution in [0.1, 0.15) is 5.56 Å². The van der Waals surface area contributed by atoms with Gasteiger partial charge in [-0.1, -0.05) is 30.0 Å². The van der Waals surface area contributed by atoms with Gasteiger partial charge in [0.25, 0.3) is 5.91 Å². The minimum atomic E-state index is -0.123. The van der Waals surface area contributed by atoms with Crippen LogP contribution in [-0.4, -0.2) is 49.8 Å². The molecule has 2 aromatic rings. The fourth-order valence-electron chi connectivity index (χ4n) is 3.25. The monoisotopic (exact) mass is 411 g/mol. The minimum absolute atomic E-state index is 0.123. The van der Waals surface area contributed by atoms with Gasteiger partial charge in [0.1, 0.15) is 12.4 Å². The van der Waals surface area contributed by atoms with Crippen LogP contribution >= 0.6 is 11.8 Å². The van der Waals surface area contributed by atoms with Crippen molar-refractivity contribution < 1.29 is 19.0 Å². The van der Waals surface area contributed by atoms with Crippen molar-refractivity contribution in [3.8, 4) is 17.2 Å². The van der Waals surface area contributed by atoms with Gasteiger partial charge in [0.05, 0.1) is 27.2 Å². The number of benzene rings is 2. The molecule has 0 N–H and O–H groups in total. The first-order valence-electron chi connectivity index (χ1n) is 8.99. The molecular weight excluding hydrogens is 390 g/mol. The van der Waals surface area contributed by atoms with Gasteiger partial charge in [-0.25, -0.2) is 4.99 Å². The van der Waals surface area contributed by atoms with Crippen molar-refractivity contribution in [3.63, 3.8) is 0 Å². The third-order valence-electron chi connectivity index (χ3n) is 4.68. The number of hydrogen-bond acceptors (Lipinski definition) is 7. The molecule has 1 amide bonds. The van der Waals surface area contributed by atoms with Gasteiger partial charge in [0.2, 0.25) is 5.75 Å². The van der Waals surface area contributed by atoms with Crippen molar-refractivity contribution in [3.05, 3.63) is 53.7 Å². The van der Waals surface area contributed by atoms with Crippen LogP contribution in [0.3, 0.4) is 0 Å². The second-order valence-corrected chi connectivity index (χ2v) is 7.32. The topological polar surface area (TPSA) is 63.6 Å². The summed E-state index contributed by atoms with van der Waals surface area (Å²) in [4.78, 5) is 21.4. The average molecular weight is 411 g/mol. The molecule has 2 aromatic carbocycles. The van der Waals surface area contributed by atoms with Gasteiger partial charge >= 0.3 is 0 Å². The van der Waals surface area contributed by atoms with Gasteiger partial charge in [-0.05, 0) is 35.9 Å². The number of amides is 1. The number of methoxy groups -OCH3 is 3. The minimum Gasteiger partial charge on any atom is -0.493 e. The molecule has 0 aromatic heterocycles. The van der Waals surface area contributed by atoms with Gasteiger partial charge < -0.3 is 19.1 Å². The summed E-state index contributed by atoms with van der Waals surface area (Å²) in [5.41, 5.74) is 2.21. The number of carbonyl (C=O) groups is 1. The Morgan fingerprint density at radius 1 is 1.03 bits per heavy atom. The summed E-state index contributed by atoms with van der Waals surface area (Å²) >= 11 is 1.55. The Morgan fingerprint density at radius 3 is 2.34 bits per heavy atom. The van der Waals surface area contributed by atoms with Crippen LogP contribution in [0, 0.1) is 0 Å². The predicted octanol–water partition coefficient (Wildman–Crippen LogP) is 3.42. The van der Waals surface area contributed by atoms with Gasteiger partial charge in [0.15, 0.2) is 16.7 Å². The molecule has 2 heterocycles. The van der Waals surface area contributed by atoms with Crippen molar-refractivity contribution >= 4 is 34.6 Å². The average Bonchev–Trinajstić information content (AvgIpc) is 3.08. The van der Waals surface area contributed by atoms with E-state index in [9.17, 15) is 4.79 Å². The number of rotatable bonds is 5. The third kappa shape index (κ3) is 3.63. The Bertz CT molecular complexity index is 966. The first-order valence-corrected chi connectivity index (χ1v) is 9.98. The summed E-state index contributed by atoms with van der Waals surface area (Å²) < 4.78 is 16.1. The molecule has 2 aliphatic rings. The highest BCUT2D eigenvalue weighted by atomic mass is 32.2. The molecule has 8 heteroatoms. The first-order chi connectivity index (χ1) is 14.1. The number of ether oxygens (including phenoxy) is 3. The molecule has 0 unspecified atom stereocenters. The van der Waals surface area contributed by atoms with Crippen LogP contribution in [0.5, 0.6) is 17.2 Å². The maximum Gasteiger partial charge on any atom is 0.280 e. The molecule has 150 valence electrons. The van der Waals surface area contributed by atoms with Crippen LogP contribution < -0.4 is 19.1 Å². The molecule has 0 saturated carbocycles. The molecule has 0 atom stereocenters. The molecule has 2 aliphatic heterocycles. The lowest BCUT2D eigenvalue weighted by Gasteiger charge is -2.34. The summed E-state index contributed by atoms with van der Waals surface area (Å²) in [5.74, 6) is 2.18. The summed E-state index contributed by atoms with van der Waals surface area (Å²) in [6.07, 6.45) is 1.74. The van der Waals surface area contributed by atoms with E-state index in [4.69, 9.17) is 14.2 Å². The van der Waals surface area contributed by atoms with E-state index in [0.717, 1.165) is 22.3 Å². The lowest BCUT2D eigenvalue weighted by Crippen LogP contribution is -2.46. The van der Waals surface area contributed by atoms with Crippen molar-refractivity contribution in [1.29, 1.82) is 0 Å². The maximum atomic E-state index is 13.0. The maximum absolute atomic E-state index is 13.0. The fourth-order valence-corrected chi connectivity index (χ4v) is 4.21. The number of carbonyl (C=O) groups excluding carboxylic acids is 1.